The lowest BCUT2D eigenvalue weighted by Gasteiger charge is -2.28. The second kappa shape index (κ2) is 6.24. The Morgan fingerprint density at radius 1 is 1.35 bits per heavy atom. The van der Waals surface area contributed by atoms with Crippen LogP contribution in [0.25, 0.3) is 0 Å². The zero-order valence-corrected chi connectivity index (χ0v) is 11.7. The Bertz CT molecular complexity index is 242. The van der Waals surface area contributed by atoms with Gasteiger partial charge in [-0.25, -0.2) is 4.79 Å². The molecule has 4 nitrogen and oxygen atoms in total. The molecule has 1 saturated heterocycles. The van der Waals surface area contributed by atoms with Crippen LogP contribution in [0, 0.1) is 5.92 Å². The van der Waals surface area contributed by atoms with Crippen LogP contribution in [0.4, 0.5) is 4.79 Å². The van der Waals surface area contributed by atoms with Gasteiger partial charge in [-0.15, -0.1) is 0 Å². The molecule has 0 saturated carbocycles. The van der Waals surface area contributed by atoms with Crippen LogP contribution in [0.2, 0.25) is 0 Å². The topological polar surface area (TPSA) is 44.4 Å². The van der Waals surface area contributed by atoms with Crippen molar-refractivity contribution in [1.29, 1.82) is 0 Å². The summed E-state index contributed by atoms with van der Waals surface area (Å²) in [6, 6.07) is 0.0337. The van der Waals surface area contributed by atoms with E-state index in [4.69, 9.17) is 0 Å². The molecule has 0 atom stereocenters. The van der Waals surface area contributed by atoms with Gasteiger partial charge in [0.05, 0.1) is 0 Å². The Hall–Kier alpha value is -0.770. The highest BCUT2D eigenvalue weighted by Crippen LogP contribution is 2.16. The third-order valence-corrected chi connectivity index (χ3v) is 3.16. The van der Waals surface area contributed by atoms with Gasteiger partial charge in [0.2, 0.25) is 0 Å². The van der Waals surface area contributed by atoms with Crippen LogP contribution in [0.15, 0.2) is 0 Å². The number of piperidine rings is 1. The van der Waals surface area contributed by atoms with Gasteiger partial charge in [0.15, 0.2) is 0 Å². The van der Waals surface area contributed by atoms with Crippen molar-refractivity contribution in [2.75, 3.05) is 26.7 Å². The van der Waals surface area contributed by atoms with Crippen LogP contribution in [0.3, 0.4) is 0 Å². The van der Waals surface area contributed by atoms with E-state index in [-0.39, 0.29) is 11.6 Å². The standard InChI is InChI=1S/C13H27N3O/c1-13(2,3)15-12(17)16(4)10-7-11-5-8-14-9-6-11/h11,14H,5-10H2,1-4H3,(H,15,17). The SMILES string of the molecule is CN(CCC1CCNCC1)C(=O)NC(C)(C)C. The van der Waals surface area contributed by atoms with E-state index >= 15 is 0 Å². The average molecular weight is 241 g/mol. The minimum Gasteiger partial charge on any atom is -0.333 e. The summed E-state index contributed by atoms with van der Waals surface area (Å²) in [5.41, 5.74) is -0.153. The number of urea groups is 1. The average Bonchev–Trinajstić information content (AvgIpc) is 2.25. The highest BCUT2D eigenvalue weighted by atomic mass is 16.2. The number of hydrogen-bond donors (Lipinski definition) is 2. The molecule has 0 radical (unpaired) electrons. The summed E-state index contributed by atoms with van der Waals surface area (Å²) in [6.45, 7) is 9.13. The van der Waals surface area contributed by atoms with Crippen LogP contribution >= 0.6 is 0 Å². The van der Waals surface area contributed by atoms with Crippen molar-refractivity contribution in [1.82, 2.24) is 15.5 Å². The van der Waals surface area contributed by atoms with Crippen LogP contribution in [0.1, 0.15) is 40.0 Å². The molecule has 0 bridgehead atoms. The number of amides is 2. The fourth-order valence-corrected chi connectivity index (χ4v) is 2.06. The summed E-state index contributed by atoms with van der Waals surface area (Å²) in [4.78, 5) is 13.6. The lowest BCUT2D eigenvalue weighted by Crippen LogP contribution is -2.47. The van der Waals surface area contributed by atoms with Crippen molar-refractivity contribution in [3.63, 3.8) is 0 Å². The molecule has 4 heteroatoms. The fourth-order valence-electron chi connectivity index (χ4n) is 2.06. The van der Waals surface area contributed by atoms with Gasteiger partial charge >= 0.3 is 6.03 Å². The highest BCUT2D eigenvalue weighted by Gasteiger charge is 2.18. The molecular formula is C13H27N3O. The smallest absolute Gasteiger partial charge is 0.317 e. The van der Waals surface area contributed by atoms with Crippen LogP contribution in [0.5, 0.6) is 0 Å². The Kier molecular flexibility index (Phi) is 5.25. The van der Waals surface area contributed by atoms with E-state index in [1.807, 2.05) is 27.8 Å². The predicted molar refractivity (Wildman–Crippen MR) is 71.1 cm³/mol. The third kappa shape index (κ3) is 5.91. The van der Waals surface area contributed by atoms with Gasteiger partial charge in [-0.05, 0) is 59.0 Å². The number of rotatable bonds is 3. The fraction of sp³-hybridized carbons (Fsp3) is 0.923. The van der Waals surface area contributed by atoms with Gasteiger partial charge in [0.25, 0.3) is 0 Å². The molecule has 0 unspecified atom stereocenters. The van der Waals surface area contributed by atoms with E-state index in [0.717, 1.165) is 32.0 Å². The minimum absolute atomic E-state index is 0.0337. The van der Waals surface area contributed by atoms with E-state index in [9.17, 15) is 4.79 Å². The first-order valence-corrected chi connectivity index (χ1v) is 6.62. The van der Waals surface area contributed by atoms with Crippen molar-refractivity contribution in [3.05, 3.63) is 0 Å². The molecule has 1 aliphatic rings. The second-order valence-electron chi connectivity index (χ2n) is 6.08. The summed E-state index contributed by atoms with van der Waals surface area (Å²) in [7, 11) is 1.88. The van der Waals surface area contributed by atoms with Crippen LogP contribution in [-0.4, -0.2) is 43.2 Å². The molecular weight excluding hydrogens is 214 g/mol. The van der Waals surface area contributed by atoms with Gasteiger partial charge in [-0.1, -0.05) is 0 Å². The van der Waals surface area contributed by atoms with Gasteiger partial charge < -0.3 is 15.5 Å². The first kappa shape index (κ1) is 14.3. The molecule has 1 rings (SSSR count). The largest absolute Gasteiger partial charge is 0.333 e. The number of carbonyl (C=O) groups is 1. The molecule has 0 aromatic heterocycles. The van der Waals surface area contributed by atoms with E-state index in [1.165, 1.54) is 12.8 Å². The Morgan fingerprint density at radius 3 is 2.47 bits per heavy atom. The maximum absolute atomic E-state index is 11.8. The monoisotopic (exact) mass is 241 g/mol. The van der Waals surface area contributed by atoms with E-state index in [0.29, 0.717) is 0 Å². The van der Waals surface area contributed by atoms with Crippen molar-refractivity contribution >= 4 is 6.03 Å². The minimum atomic E-state index is -0.153. The summed E-state index contributed by atoms with van der Waals surface area (Å²) < 4.78 is 0. The molecule has 1 fully saturated rings. The molecule has 2 N–H and O–H groups in total. The third-order valence-electron chi connectivity index (χ3n) is 3.16. The summed E-state index contributed by atoms with van der Waals surface area (Å²) >= 11 is 0. The summed E-state index contributed by atoms with van der Waals surface area (Å²) in [5, 5.41) is 6.34. The predicted octanol–water partition coefficient (Wildman–Crippen LogP) is 1.82. The van der Waals surface area contributed by atoms with Crippen LogP contribution in [-0.2, 0) is 0 Å². The summed E-state index contributed by atoms with van der Waals surface area (Å²) in [6.07, 6.45) is 3.61. The molecule has 0 aromatic rings. The number of carbonyl (C=O) groups excluding carboxylic acids is 1. The quantitative estimate of drug-likeness (QED) is 0.791. The molecule has 17 heavy (non-hydrogen) atoms. The summed E-state index contributed by atoms with van der Waals surface area (Å²) in [5.74, 6) is 0.779. The molecule has 100 valence electrons. The first-order valence-electron chi connectivity index (χ1n) is 6.62. The van der Waals surface area contributed by atoms with E-state index < -0.39 is 0 Å². The highest BCUT2D eigenvalue weighted by molar-refractivity contribution is 5.74. The number of nitrogens with one attached hydrogen (secondary N) is 2. The van der Waals surface area contributed by atoms with Gasteiger partial charge in [0, 0.05) is 19.1 Å². The lowest BCUT2D eigenvalue weighted by atomic mass is 9.94. The number of nitrogens with zero attached hydrogens (tertiary/aromatic N) is 1. The number of hydrogen-bond acceptors (Lipinski definition) is 2. The zero-order chi connectivity index (χ0) is 12.9. The maximum atomic E-state index is 11.8. The normalized spacial score (nSPS) is 17.9. The molecule has 0 aliphatic carbocycles. The molecule has 2 amide bonds. The van der Waals surface area contributed by atoms with Gasteiger partial charge in [0.1, 0.15) is 0 Å². The molecule has 0 aromatic carbocycles. The zero-order valence-electron chi connectivity index (χ0n) is 11.7. The van der Waals surface area contributed by atoms with E-state index in [1.54, 1.807) is 4.90 Å². The Morgan fingerprint density at radius 2 is 1.94 bits per heavy atom. The van der Waals surface area contributed by atoms with Crippen molar-refractivity contribution < 1.29 is 4.79 Å². The van der Waals surface area contributed by atoms with Crippen molar-refractivity contribution in [3.8, 4) is 0 Å². The van der Waals surface area contributed by atoms with Crippen LogP contribution < -0.4 is 10.6 Å². The Balaban J connectivity index is 2.23. The molecule has 1 aliphatic heterocycles. The van der Waals surface area contributed by atoms with E-state index in [2.05, 4.69) is 10.6 Å². The Labute approximate surface area is 105 Å². The maximum Gasteiger partial charge on any atom is 0.317 e. The molecule has 1 heterocycles. The second-order valence-corrected chi connectivity index (χ2v) is 6.08. The van der Waals surface area contributed by atoms with Gasteiger partial charge in [-0.3, -0.25) is 0 Å². The van der Waals surface area contributed by atoms with Crippen molar-refractivity contribution in [2.45, 2.75) is 45.6 Å². The van der Waals surface area contributed by atoms with Gasteiger partial charge in [-0.2, -0.15) is 0 Å². The lowest BCUT2D eigenvalue weighted by molar-refractivity contribution is 0.194. The first-order chi connectivity index (χ1) is 7.88. The molecule has 0 spiro atoms. The van der Waals surface area contributed by atoms with Crippen molar-refractivity contribution in [2.24, 2.45) is 5.92 Å².